The van der Waals surface area contributed by atoms with Gasteiger partial charge >= 0.3 is 0 Å². The van der Waals surface area contributed by atoms with E-state index in [0.717, 1.165) is 60.8 Å². The highest BCUT2D eigenvalue weighted by atomic mass is 35.5. The van der Waals surface area contributed by atoms with Crippen molar-refractivity contribution in [2.45, 2.75) is 58.0 Å². The molecule has 1 aromatic heterocycles. The second kappa shape index (κ2) is 10.8. The van der Waals surface area contributed by atoms with Crippen LogP contribution in [0.3, 0.4) is 0 Å². The van der Waals surface area contributed by atoms with E-state index in [2.05, 4.69) is 34.2 Å². The van der Waals surface area contributed by atoms with Gasteiger partial charge in [0.1, 0.15) is 0 Å². The molecule has 0 bridgehead atoms. The Morgan fingerprint density at radius 3 is 2.81 bits per heavy atom. The monoisotopic (exact) mass is 442 g/mol. The van der Waals surface area contributed by atoms with Crippen molar-refractivity contribution < 1.29 is 4.79 Å². The summed E-state index contributed by atoms with van der Waals surface area (Å²) in [6, 6.07) is 10.6. The number of piperidine rings is 1. The zero-order chi connectivity index (χ0) is 21.6. The van der Waals surface area contributed by atoms with Crippen molar-refractivity contribution >= 4 is 28.4 Å². The Balaban J connectivity index is 1.16. The lowest BCUT2D eigenvalue weighted by Gasteiger charge is -2.31. The first-order valence-electron chi connectivity index (χ1n) is 11.9. The third-order valence-corrected chi connectivity index (χ3v) is 7.26. The van der Waals surface area contributed by atoms with Crippen molar-refractivity contribution in [2.75, 3.05) is 32.7 Å². The molecule has 0 aliphatic carbocycles. The summed E-state index contributed by atoms with van der Waals surface area (Å²) in [4.78, 5) is 22.1. The predicted molar refractivity (Wildman–Crippen MR) is 127 cm³/mol. The van der Waals surface area contributed by atoms with E-state index in [-0.39, 0.29) is 5.91 Å². The zero-order valence-electron chi connectivity index (χ0n) is 18.7. The molecule has 2 aliphatic heterocycles. The van der Waals surface area contributed by atoms with E-state index in [1.165, 1.54) is 32.2 Å². The van der Waals surface area contributed by atoms with Crippen molar-refractivity contribution in [1.82, 2.24) is 20.1 Å². The normalized spacial score (nSPS) is 21.0. The zero-order valence-corrected chi connectivity index (χ0v) is 19.4. The number of carbonyl (C=O) groups excluding carboxylic acids is 1. The Morgan fingerprint density at radius 2 is 2.00 bits per heavy atom. The molecule has 6 heteroatoms. The summed E-state index contributed by atoms with van der Waals surface area (Å²) in [5.41, 5.74) is 2.11. The van der Waals surface area contributed by atoms with Crippen LogP contribution in [0.1, 0.15) is 51.1 Å². The molecule has 1 N–H and O–H groups in total. The maximum absolute atomic E-state index is 12.3. The number of fused-ring (bicyclic) bond motifs is 1. The molecule has 4 rings (SSSR count). The highest BCUT2D eigenvalue weighted by molar-refractivity contribution is 6.31. The smallest absolute Gasteiger partial charge is 0.220 e. The number of halogens is 1. The van der Waals surface area contributed by atoms with E-state index in [4.69, 9.17) is 16.6 Å². The molecule has 2 aromatic rings. The molecule has 0 radical (unpaired) electrons. The van der Waals surface area contributed by atoms with E-state index in [1.54, 1.807) is 0 Å². The molecule has 1 amide bonds. The number of pyridine rings is 1. The lowest BCUT2D eigenvalue weighted by atomic mass is 9.92. The number of likely N-dealkylation sites (tertiary alicyclic amines) is 2. The molecule has 2 aliphatic rings. The fraction of sp³-hybridized carbons (Fsp3) is 0.600. The highest BCUT2D eigenvalue weighted by Gasteiger charge is 2.24. The van der Waals surface area contributed by atoms with Crippen LogP contribution in [0.15, 0.2) is 30.3 Å². The SMILES string of the molecule is CCN1CCCC1CNC(=O)CCC1CCN(Cc2ccc3cc(Cl)ccc3n2)CC1. The maximum Gasteiger partial charge on any atom is 0.220 e. The molecule has 2 fully saturated rings. The summed E-state index contributed by atoms with van der Waals surface area (Å²) in [5.74, 6) is 0.887. The summed E-state index contributed by atoms with van der Waals surface area (Å²) in [5, 5.41) is 5.02. The average molecular weight is 443 g/mol. The van der Waals surface area contributed by atoms with Crippen molar-refractivity contribution in [1.29, 1.82) is 0 Å². The second-order valence-corrected chi connectivity index (χ2v) is 9.56. The van der Waals surface area contributed by atoms with Crippen LogP contribution in [0.4, 0.5) is 0 Å². The molecular formula is C25H35ClN4O. The van der Waals surface area contributed by atoms with Crippen molar-refractivity contribution in [3.8, 4) is 0 Å². The van der Waals surface area contributed by atoms with Crippen LogP contribution in [0.5, 0.6) is 0 Å². The molecule has 168 valence electrons. The van der Waals surface area contributed by atoms with Gasteiger partial charge in [0.05, 0.1) is 11.2 Å². The summed E-state index contributed by atoms with van der Waals surface area (Å²) < 4.78 is 0. The number of hydrogen-bond acceptors (Lipinski definition) is 4. The number of carbonyl (C=O) groups is 1. The Kier molecular flexibility index (Phi) is 7.81. The number of amides is 1. The van der Waals surface area contributed by atoms with Gasteiger partial charge in [-0.1, -0.05) is 24.6 Å². The Hall–Kier alpha value is -1.69. The van der Waals surface area contributed by atoms with Crippen LogP contribution >= 0.6 is 11.6 Å². The molecule has 0 spiro atoms. The highest BCUT2D eigenvalue weighted by Crippen LogP contribution is 2.24. The Bertz CT molecular complexity index is 881. The summed E-state index contributed by atoms with van der Waals surface area (Å²) in [6.45, 7) is 8.34. The van der Waals surface area contributed by atoms with Crippen molar-refractivity contribution in [3.63, 3.8) is 0 Å². The van der Waals surface area contributed by atoms with E-state index in [0.29, 0.717) is 18.4 Å². The van der Waals surface area contributed by atoms with Gasteiger partial charge in [0.15, 0.2) is 0 Å². The second-order valence-electron chi connectivity index (χ2n) is 9.13. The Morgan fingerprint density at radius 1 is 1.16 bits per heavy atom. The fourth-order valence-corrected chi connectivity index (χ4v) is 5.27. The number of aromatic nitrogens is 1. The number of rotatable bonds is 8. The van der Waals surface area contributed by atoms with Crippen LogP contribution in [0.25, 0.3) is 10.9 Å². The van der Waals surface area contributed by atoms with Gasteiger partial charge in [0.2, 0.25) is 5.91 Å². The van der Waals surface area contributed by atoms with Gasteiger partial charge in [0, 0.05) is 36.0 Å². The van der Waals surface area contributed by atoms with E-state index in [9.17, 15) is 4.79 Å². The summed E-state index contributed by atoms with van der Waals surface area (Å²) >= 11 is 6.07. The van der Waals surface area contributed by atoms with E-state index >= 15 is 0 Å². The summed E-state index contributed by atoms with van der Waals surface area (Å²) in [6.07, 6.45) is 6.49. The van der Waals surface area contributed by atoms with E-state index < -0.39 is 0 Å². The van der Waals surface area contributed by atoms with Crippen LogP contribution in [-0.4, -0.2) is 59.5 Å². The topological polar surface area (TPSA) is 48.5 Å². The minimum absolute atomic E-state index is 0.228. The number of benzene rings is 1. The summed E-state index contributed by atoms with van der Waals surface area (Å²) in [7, 11) is 0. The van der Waals surface area contributed by atoms with Crippen LogP contribution < -0.4 is 5.32 Å². The third-order valence-electron chi connectivity index (χ3n) is 7.02. The first kappa shape index (κ1) is 22.5. The molecule has 3 heterocycles. The number of nitrogens with one attached hydrogen (secondary N) is 1. The molecule has 5 nitrogen and oxygen atoms in total. The van der Waals surface area contributed by atoms with Crippen LogP contribution in [0, 0.1) is 5.92 Å². The van der Waals surface area contributed by atoms with Gasteiger partial charge in [-0.3, -0.25) is 19.6 Å². The molecule has 1 unspecified atom stereocenters. The van der Waals surface area contributed by atoms with E-state index in [1.807, 2.05) is 18.2 Å². The quantitative estimate of drug-likeness (QED) is 0.654. The first-order chi connectivity index (χ1) is 15.1. The molecule has 31 heavy (non-hydrogen) atoms. The van der Waals surface area contributed by atoms with Gasteiger partial charge in [0.25, 0.3) is 0 Å². The van der Waals surface area contributed by atoms with Crippen molar-refractivity contribution in [2.24, 2.45) is 5.92 Å². The maximum atomic E-state index is 12.3. The molecule has 1 atom stereocenters. The third kappa shape index (κ3) is 6.18. The number of likely N-dealkylation sites (N-methyl/N-ethyl adjacent to an activating group) is 1. The minimum atomic E-state index is 0.228. The minimum Gasteiger partial charge on any atom is -0.355 e. The molecule has 1 aromatic carbocycles. The van der Waals surface area contributed by atoms with Crippen LogP contribution in [0.2, 0.25) is 5.02 Å². The standard InChI is InChI=1S/C25H35ClN4O/c1-2-30-13-3-4-23(30)17-27-25(31)10-5-19-11-14-29(15-12-19)18-22-8-6-20-16-21(26)7-9-24(20)28-22/h6-9,16,19,23H,2-5,10-15,17-18H2,1H3,(H,27,31). The number of nitrogens with zero attached hydrogens (tertiary/aromatic N) is 3. The average Bonchev–Trinajstić information content (AvgIpc) is 3.25. The molecule has 0 saturated carbocycles. The molecule has 2 saturated heterocycles. The van der Waals surface area contributed by atoms with Gasteiger partial charge in [-0.2, -0.15) is 0 Å². The van der Waals surface area contributed by atoms with Crippen molar-refractivity contribution in [3.05, 3.63) is 41.0 Å². The lowest BCUT2D eigenvalue weighted by molar-refractivity contribution is -0.121. The van der Waals surface area contributed by atoms with Gasteiger partial charge in [-0.05, 0) is 88.5 Å². The number of hydrogen-bond donors (Lipinski definition) is 1. The lowest BCUT2D eigenvalue weighted by Crippen LogP contribution is -2.40. The predicted octanol–water partition coefficient (Wildman–Crippen LogP) is 4.48. The largest absolute Gasteiger partial charge is 0.355 e. The van der Waals surface area contributed by atoms with Gasteiger partial charge in [-0.15, -0.1) is 0 Å². The van der Waals surface area contributed by atoms with Gasteiger partial charge in [-0.25, -0.2) is 0 Å². The van der Waals surface area contributed by atoms with Gasteiger partial charge < -0.3 is 5.32 Å². The van der Waals surface area contributed by atoms with Crippen LogP contribution in [-0.2, 0) is 11.3 Å². The molecular weight excluding hydrogens is 408 g/mol. The Labute approximate surface area is 191 Å². The fourth-order valence-electron chi connectivity index (χ4n) is 5.09. The first-order valence-corrected chi connectivity index (χ1v) is 12.3.